The van der Waals surface area contributed by atoms with E-state index >= 15 is 0 Å². The number of hydrogen-bond donors (Lipinski definition) is 0. The van der Waals surface area contributed by atoms with E-state index in [4.69, 9.17) is 14.2 Å². The smallest absolute Gasteiger partial charge is 0.338 e. The lowest BCUT2D eigenvalue weighted by Crippen LogP contribution is -2.39. The van der Waals surface area contributed by atoms with E-state index in [1.54, 1.807) is 49.4 Å². The van der Waals surface area contributed by atoms with Gasteiger partial charge in [-0.15, -0.1) is 0 Å². The van der Waals surface area contributed by atoms with E-state index in [0.717, 1.165) is 5.56 Å². The number of allylic oxidation sites excluding steroid dienone is 1. The number of esters is 1. The minimum absolute atomic E-state index is 0.0440. The van der Waals surface area contributed by atoms with Crippen molar-refractivity contribution in [3.05, 3.63) is 126 Å². The van der Waals surface area contributed by atoms with Crippen LogP contribution in [0.2, 0.25) is 0 Å². The number of hydrogen-bond acceptors (Lipinski definition) is 7. The molecule has 0 amide bonds. The molecule has 0 aliphatic carbocycles. The standard InChI is InChI=1S/C30H25FN2O5S/c1-18-26(29(35)37-3)27(20-9-5-4-6-10-20)33-28(34)25(39-30(33)32-18)16-19-13-14-23(24(15-19)36-2)38-17-21-11-7-8-12-22(21)31/h4-16,27H,17H2,1-3H3. The second kappa shape index (κ2) is 11.1. The van der Waals surface area contributed by atoms with Gasteiger partial charge in [0.1, 0.15) is 12.4 Å². The van der Waals surface area contributed by atoms with Crippen molar-refractivity contribution in [3.8, 4) is 11.5 Å². The number of aromatic nitrogens is 1. The van der Waals surface area contributed by atoms with Crippen LogP contribution in [0.1, 0.15) is 29.7 Å². The average Bonchev–Trinajstić information content (AvgIpc) is 3.26. The SMILES string of the molecule is COC(=O)C1=C(C)N=c2sc(=Cc3ccc(OCc4ccccc4F)c(OC)c3)c(=O)n2C1c1ccccc1. The third kappa shape index (κ3) is 5.13. The Hall–Kier alpha value is -4.50. The maximum Gasteiger partial charge on any atom is 0.338 e. The van der Waals surface area contributed by atoms with Crippen LogP contribution in [0, 0.1) is 5.82 Å². The monoisotopic (exact) mass is 544 g/mol. The molecule has 0 fully saturated rings. The van der Waals surface area contributed by atoms with Gasteiger partial charge in [0.2, 0.25) is 0 Å². The molecule has 0 radical (unpaired) electrons. The zero-order chi connectivity index (χ0) is 27.5. The van der Waals surface area contributed by atoms with Crippen molar-refractivity contribution in [2.75, 3.05) is 14.2 Å². The van der Waals surface area contributed by atoms with Gasteiger partial charge in [0, 0.05) is 5.56 Å². The Kier molecular flexibility index (Phi) is 7.42. The maximum atomic E-state index is 14.0. The number of halogens is 1. The molecule has 39 heavy (non-hydrogen) atoms. The fourth-order valence-corrected chi connectivity index (χ4v) is 5.51. The largest absolute Gasteiger partial charge is 0.493 e. The Morgan fingerprint density at radius 3 is 2.51 bits per heavy atom. The third-order valence-corrected chi connectivity index (χ3v) is 7.35. The van der Waals surface area contributed by atoms with Crippen LogP contribution in [-0.2, 0) is 16.1 Å². The molecule has 7 nitrogen and oxygen atoms in total. The van der Waals surface area contributed by atoms with Crippen LogP contribution in [0.3, 0.4) is 0 Å². The number of benzene rings is 3. The van der Waals surface area contributed by atoms with Gasteiger partial charge in [-0.1, -0.05) is 65.9 Å². The van der Waals surface area contributed by atoms with Gasteiger partial charge in [0.15, 0.2) is 16.3 Å². The van der Waals surface area contributed by atoms with Gasteiger partial charge >= 0.3 is 5.97 Å². The zero-order valence-electron chi connectivity index (χ0n) is 21.5. The van der Waals surface area contributed by atoms with E-state index in [1.165, 1.54) is 36.2 Å². The van der Waals surface area contributed by atoms with E-state index in [2.05, 4.69) is 4.99 Å². The Morgan fingerprint density at radius 1 is 1.05 bits per heavy atom. The van der Waals surface area contributed by atoms with E-state index in [0.29, 0.717) is 43.2 Å². The molecule has 198 valence electrons. The van der Waals surface area contributed by atoms with Crippen LogP contribution < -0.4 is 24.4 Å². The highest BCUT2D eigenvalue weighted by Crippen LogP contribution is 2.31. The average molecular weight is 545 g/mol. The summed E-state index contributed by atoms with van der Waals surface area (Å²) in [7, 11) is 2.83. The highest BCUT2D eigenvalue weighted by molar-refractivity contribution is 7.07. The molecule has 1 unspecified atom stereocenters. The van der Waals surface area contributed by atoms with E-state index in [-0.39, 0.29) is 18.0 Å². The lowest BCUT2D eigenvalue weighted by atomic mass is 9.96. The number of fused-ring (bicyclic) bond motifs is 1. The molecule has 1 aliphatic rings. The molecule has 0 N–H and O–H groups in total. The van der Waals surface area contributed by atoms with Crippen molar-refractivity contribution in [1.29, 1.82) is 0 Å². The molecular formula is C30H25FN2O5S. The molecule has 0 saturated carbocycles. The first kappa shape index (κ1) is 26.1. The van der Waals surface area contributed by atoms with Crippen LogP contribution in [-0.4, -0.2) is 24.8 Å². The first-order valence-electron chi connectivity index (χ1n) is 12.1. The van der Waals surface area contributed by atoms with Crippen molar-refractivity contribution in [2.45, 2.75) is 19.6 Å². The fraction of sp³-hybridized carbons (Fsp3) is 0.167. The lowest BCUT2D eigenvalue weighted by Gasteiger charge is -2.24. The van der Waals surface area contributed by atoms with Gasteiger partial charge in [-0.25, -0.2) is 14.2 Å². The number of rotatable bonds is 7. The number of carbonyl (C=O) groups excluding carboxylic acids is 1. The van der Waals surface area contributed by atoms with E-state index < -0.39 is 12.0 Å². The molecule has 3 aromatic carbocycles. The molecule has 0 spiro atoms. The van der Waals surface area contributed by atoms with Crippen LogP contribution >= 0.6 is 11.3 Å². The summed E-state index contributed by atoms with van der Waals surface area (Å²) in [5.74, 6) is 0.0126. The fourth-order valence-electron chi connectivity index (χ4n) is 4.46. The Bertz CT molecular complexity index is 1760. The maximum absolute atomic E-state index is 14.0. The molecular weight excluding hydrogens is 519 g/mol. The molecule has 1 aromatic heterocycles. The molecule has 0 bridgehead atoms. The summed E-state index contributed by atoms with van der Waals surface area (Å²) in [5, 5.41) is 0. The van der Waals surface area contributed by atoms with E-state index in [9.17, 15) is 14.0 Å². The van der Waals surface area contributed by atoms with Crippen LogP contribution in [0.25, 0.3) is 6.08 Å². The van der Waals surface area contributed by atoms with Crippen molar-refractivity contribution < 1.29 is 23.4 Å². The van der Waals surface area contributed by atoms with E-state index in [1.807, 2.05) is 30.3 Å². The molecule has 2 heterocycles. The van der Waals surface area contributed by atoms with Crippen molar-refractivity contribution in [3.63, 3.8) is 0 Å². The summed E-state index contributed by atoms with van der Waals surface area (Å²) >= 11 is 1.24. The molecule has 1 atom stereocenters. The molecule has 0 saturated heterocycles. The number of carbonyl (C=O) groups is 1. The minimum Gasteiger partial charge on any atom is -0.493 e. The van der Waals surface area contributed by atoms with Crippen LogP contribution in [0.4, 0.5) is 4.39 Å². The highest BCUT2D eigenvalue weighted by atomic mass is 32.1. The normalized spacial score (nSPS) is 15.0. The first-order chi connectivity index (χ1) is 18.9. The lowest BCUT2D eigenvalue weighted by molar-refractivity contribution is -0.136. The van der Waals surface area contributed by atoms with Gasteiger partial charge in [0.25, 0.3) is 5.56 Å². The van der Waals surface area contributed by atoms with Gasteiger partial charge < -0.3 is 14.2 Å². The third-order valence-electron chi connectivity index (χ3n) is 6.37. The summed E-state index contributed by atoms with van der Waals surface area (Å²) in [6.45, 7) is 1.78. The number of nitrogens with zero attached hydrogens (tertiary/aromatic N) is 2. The molecule has 9 heteroatoms. The van der Waals surface area contributed by atoms with Crippen molar-refractivity contribution in [2.24, 2.45) is 4.99 Å². The summed E-state index contributed by atoms with van der Waals surface area (Å²) in [6, 6.07) is 20.3. The highest BCUT2D eigenvalue weighted by Gasteiger charge is 2.32. The van der Waals surface area contributed by atoms with Gasteiger partial charge in [-0.05, 0) is 42.3 Å². The summed E-state index contributed by atoms with van der Waals surface area (Å²) in [5.41, 5.74) is 2.45. The van der Waals surface area contributed by atoms with Gasteiger partial charge in [-0.3, -0.25) is 9.36 Å². The van der Waals surface area contributed by atoms with Crippen molar-refractivity contribution in [1.82, 2.24) is 4.57 Å². The Morgan fingerprint density at radius 2 is 1.79 bits per heavy atom. The Balaban J connectivity index is 1.54. The number of thiazole rings is 1. The number of methoxy groups -OCH3 is 2. The van der Waals surface area contributed by atoms with Crippen LogP contribution in [0.5, 0.6) is 11.5 Å². The summed E-state index contributed by atoms with van der Waals surface area (Å²) < 4.78 is 32.3. The first-order valence-corrected chi connectivity index (χ1v) is 12.9. The molecule has 4 aromatic rings. The van der Waals surface area contributed by atoms with Crippen molar-refractivity contribution >= 4 is 23.4 Å². The minimum atomic E-state index is -0.666. The zero-order valence-corrected chi connectivity index (χ0v) is 22.3. The predicted molar refractivity (Wildman–Crippen MR) is 146 cm³/mol. The van der Waals surface area contributed by atoms with Gasteiger partial charge in [0.05, 0.1) is 36.1 Å². The Labute approximate surface area is 227 Å². The molecule has 5 rings (SSSR count). The molecule has 1 aliphatic heterocycles. The predicted octanol–water partition coefficient (Wildman–Crippen LogP) is 4.13. The quantitative estimate of drug-likeness (QED) is 0.327. The number of ether oxygens (including phenoxy) is 3. The second-order valence-corrected chi connectivity index (χ2v) is 9.78. The van der Waals surface area contributed by atoms with Crippen LogP contribution in [0.15, 0.2) is 93.9 Å². The summed E-state index contributed by atoms with van der Waals surface area (Å²) in [4.78, 5) is 31.5. The van der Waals surface area contributed by atoms with Gasteiger partial charge in [-0.2, -0.15) is 0 Å². The topological polar surface area (TPSA) is 79.1 Å². The second-order valence-electron chi connectivity index (χ2n) is 8.77. The summed E-state index contributed by atoms with van der Waals surface area (Å²) in [6.07, 6.45) is 1.74.